The van der Waals surface area contributed by atoms with Crippen LogP contribution in [0.2, 0.25) is 0 Å². The quantitative estimate of drug-likeness (QED) is 0.349. The molecular weight excluding hydrogens is 258 g/mol. The Balaban J connectivity index is 2.36. The fourth-order valence-electron chi connectivity index (χ4n) is 1.41. The molecule has 0 saturated carbocycles. The summed E-state index contributed by atoms with van der Waals surface area (Å²) in [5.74, 6) is 0.895. The molecule has 0 aliphatic carbocycles. The van der Waals surface area contributed by atoms with Gasteiger partial charge in [-0.05, 0) is 48.5 Å². The Labute approximate surface area is 120 Å². The molecular formula is C14H21N3OS. The molecule has 0 fully saturated rings. The predicted molar refractivity (Wildman–Crippen MR) is 83.8 cm³/mol. The maximum absolute atomic E-state index is 5.63. The lowest BCUT2D eigenvalue weighted by Crippen LogP contribution is -2.28. The van der Waals surface area contributed by atoms with Gasteiger partial charge in [-0.15, -0.1) is 0 Å². The van der Waals surface area contributed by atoms with Gasteiger partial charge in [-0.2, -0.15) is 5.10 Å². The van der Waals surface area contributed by atoms with Gasteiger partial charge >= 0.3 is 0 Å². The third-order valence-corrected chi connectivity index (χ3v) is 2.80. The van der Waals surface area contributed by atoms with Crippen LogP contribution in [0.1, 0.15) is 31.7 Å². The van der Waals surface area contributed by atoms with Gasteiger partial charge in [-0.25, -0.2) is 0 Å². The zero-order chi connectivity index (χ0) is 13.9. The highest BCUT2D eigenvalue weighted by atomic mass is 32.1. The van der Waals surface area contributed by atoms with E-state index >= 15 is 0 Å². The van der Waals surface area contributed by atoms with Gasteiger partial charge in [0.05, 0.1) is 12.8 Å². The molecule has 19 heavy (non-hydrogen) atoms. The first-order chi connectivity index (χ1) is 9.26. The van der Waals surface area contributed by atoms with Gasteiger partial charge < -0.3 is 10.1 Å². The van der Waals surface area contributed by atoms with E-state index in [9.17, 15) is 0 Å². The van der Waals surface area contributed by atoms with Gasteiger partial charge in [0.1, 0.15) is 5.75 Å². The summed E-state index contributed by atoms with van der Waals surface area (Å²) >= 11 is 4.90. The number of rotatable bonds is 7. The average molecular weight is 279 g/mol. The molecule has 1 aromatic rings. The van der Waals surface area contributed by atoms with Crippen LogP contribution in [0.5, 0.6) is 5.75 Å². The molecule has 0 aromatic heterocycles. The highest BCUT2D eigenvalue weighted by Crippen LogP contribution is 2.11. The van der Waals surface area contributed by atoms with Crippen molar-refractivity contribution in [2.45, 2.75) is 26.2 Å². The smallest absolute Gasteiger partial charge is 0.186 e. The lowest BCUT2D eigenvalue weighted by Gasteiger charge is -2.05. The van der Waals surface area contributed by atoms with Crippen LogP contribution < -0.4 is 15.5 Å². The fraction of sp³-hybridized carbons (Fsp3) is 0.429. The number of benzene rings is 1. The zero-order valence-corrected chi connectivity index (χ0v) is 12.3. The van der Waals surface area contributed by atoms with Gasteiger partial charge in [0.25, 0.3) is 0 Å². The first-order valence-electron chi connectivity index (χ1n) is 6.50. The van der Waals surface area contributed by atoms with Crippen LogP contribution in [-0.4, -0.2) is 25.0 Å². The van der Waals surface area contributed by atoms with E-state index < -0.39 is 0 Å². The van der Waals surface area contributed by atoms with E-state index in [0.29, 0.717) is 5.11 Å². The Morgan fingerprint density at radius 3 is 2.68 bits per heavy atom. The minimum absolute atomic E-state index is 0.493. The van der Waals surface area contributed by atoms with Crippen molar-refractivity contribution in [1.82, 2.24) is 10.7 Å². The molecule has 1 rings (SSSR count). The summed E-state index contributed by atoms with van der Waals surface area (Å²) < 4.78 is 5.63. The fourth-order valence-corrected chi connectivity index (χ4v) is 1.47. The minimum Gasteiger partial charge on any atom is -0.494 e. The molecule has 2 N–H and O–H groups in total. The molecule has 104 valence electrons. The van der Waals surface area contributed by atoms with Crippen molar-refractivity contribution in [3.05, 3.63) is 29.8 Å². The van der Waals surface area contributed by atoms with Crippen molar-refractivity contribution in [3.63, 3.8) is 0 Å². The molecule has 0 bridgehead atoms. The first-order valence-corrected chi connectivity index (χ1v) is 6.90. The number of hydrogen-bond acceptors (Lipinski definition) is 3. The molecule has 0 spiro atoms. The van der Waals surface area contributed by atoms with Crippen molar-refractivity contribution in [2.24, 2.45) is 5.10 Å². The van der Waals surface area contributed by atoms with Crippen LogP contribution in [0.15, 0.2) is 29.4 Å². The second kappa shape index (κ2) is 9.33. The first kappa shape index (κ1) is 15.4. The highest BCUT2D eigenvalue weighted by molar-refractivity contribution is 7.80. The maximum atomic E-state index is 5.63. The number of hydrazone groups is 1. The number of ether oxygens (including phenoxy) is 1. The molecule has 0 saturated heterocycles. The van der Waals surface area contributed by atoms with E-state index in [0.717, 1.165) is 24.3 Å². The minimum atomic E-state index is 0.493. The molecule has 0 heterocycles. The highest BCUT2D eigenvalue weighted by Gasteiger charge is 1.94. The Bertz CT molecular complexity index is 404. The monoisotopic (exact) mass is 279 g/mol. The SMILES string of the molecule is CCCCCOc1ccc(C=NNC(=S)NC)cc1. The summed E-state index contributed by atoms with van der Waals surface area (Å²) in [6.45, 7) is 2.96. The summed E-state index contributed by atoms with van der Waals surface area (Å²) in [5, 5.41) is 7.28. The summed E-state index contributed by atoms with van der Waals surface area (Å²) in [7, 11) is 1.75. The predicted octanol–water partition coefficient (Wildman–Crippen LogP) is 2.68. The molecule has 0 atom stereocenters. The second-order valence-corrected chi connectivity index (χ2v) is 4.48. The van der Waals surface area contributed by atoms with Gasteiger partial charge in [0.15, 0.2) is 5.11 Å². The number of nitrogens with one attached hydrogen (secondary N) is 2. The topological polar surface area (TPSA) is 45.6 Å². The molecule has 0 amide bonds. The number of thiocarbonyl (C=S) groups is 1. The van der Waals surface area contributed by atoms with Crippen molar-refractivity contribution < 1.29 is 4.74 Å². The third-order valence-electron chi connectivity index (χ3n) is 2.50. The van der Waals surface area contributed by atoms with E-state index in [1.807, 2.05) is 24.3 Å². The molecule has 5 heteroatoms. The summed E-state index contributed by atoms with van der Waals surface area (Å²) in [6, 6.07) is 7.82. The van der Waals surface area contributed by atoms with Crippen LogP contribution in [0.3, 0.4) is 0 Å². The average Bonchev–Trinajstić information content (AvgIpc) is 2.45. The van der Waals surface area contributed by atoms with Gasteiger partial charge in [-0.3, -0.25) is 5.43 Å². The normalized spacial score (nSPS) is 10.4. The molecule has 1 aromatic carbocycles. The van der Waals surface area contributed by atoms with Crippen molar-refractivity contribution in [1.29, 1.82) is 0 Å². The molecule has 0 radical (unpaired) electrons. The van der Waals surface area contributed by atoms with Crippen LogP contribution in [0.25, 0.3) is 0 Å². The Hall–Kier alpha value is -1.62. The Morgan fingerprint density at radius 1 is 1.32 bits per heavy atom. The summed E-state index contributed by atoms with van der Waals surface area (Å²) in [6.07, 6.45) is 5.23. The Morgan fingerprint density at radius 2 is 2.05 bits per heavy atom. The van der Waals surface area contributed by atoms with Crippen LogP contribution in [0, 0.1) is 0 Å². The summed E-state index contributed by atoms with van der Waals surface area (Å²) in [5.41, 5.74) is 3.70. The summed E-state index contributed by atoms with van der Waals surface area (Å²) in [4.78, 5) is 0. The molecule has 0 aliphatic heterocycles. The number of hydrogen-bond donors (Lipinski definition) is 2. The van der Waals surface area contributed by atoms with Gasteiger partial charge in [-0.1, -0.05) is 19.8 Å². The Kier molecular flexibility index (Phi) is 7.58. The lowest BCUT2D eigenvalue weighted by atomic mass is 10.2. The molecule has 0 aliphatic rings. The van der Waals surface area contributed by atoms with Gasteiger partial charge in [0, 0.05) is 7.05 Å². The second-order valence-electron chi connectivity index (χ2n) is 4.07. The standard InChI is InChI=1S/C14H21N3OS/c1-3-4-5-10-18-13-8-6-12(7-9-13)11-16-17-14(19)15-2/h6-9,11H,3-5,10H2,1-2H3,(H2,15,17,19). The largest absolute Gasteiger partial charge is 0.494 e. The number of nitrogens with zero attached hydrogens (tertiary/aromatic N) is 1. The van der Waals surface area contributed by atoms with E-state index in [1.165, 1.54) is 12.8 Å². The van der Waals surface area contributed by atoms with E-state index in [2.05, 4.69) is 22.8 Å². The molecule has 4 nitrogen and oxygen atoms in total. The van der Waals surface area contributed by atoms with E-state index in [4.69, 9.17) is 17.0 Å². The molecule has 0 unspecified atom stereocenters. The number of unbranched alkanes of at least 4 members (excludes halogenated alkanes) is 2. The zero-order valence-electron chi connectivity index (χ0n) is 11.5. The van der Waals surface area contributed by atoms with Crippen molar-refractivity contribution in [3.8, 4) is 5.75 Å². The van der Waals surface area contributed by atoms with Crippen molar-refractivity contribution in [2.75, 3.05) is 13.7 Å². The lowest BCUT2D eigenvalue weighted by molar-refractivity contribution is 0.306. The van der Waals surface area contributed by atoms with E-state index in [1.54, 1.807) is 13.3 Å². The maximum Gasteiger partial charge on any atom is 0.186 e. The van der Waals surface area contributed by atoms with Crippen LogP contribution in [0.4, 0.5) is 0 Å². The van der Waals surface area contributed by atoms with E-state index in [-0.39, 0.29) is 0 Å². The van der Waals surface area contributed by atoms with Crippen molar-refractivity contribution >= 4 is 23.5 Å². The third kappa shape index (κ3) is 6.76. The van der Waals surface area contributed by atoms with Crippen LogP contribution in [-0.2, 0) is 0 Å². The van der Waals surface area contributed by atoms with Gasteiger partial charge in [0.2, 0.25) is 0 Å². The van der Waals surface area contributed by atoms with Crippen LogP contribution >= 0.6 is 12.2 Å².